The maximum Gasteiger partial charge on any atom is 0.342 e. The Morgan fingerprint density at radius 1 is 0.848 bits per heavy atom. The van der Waals surface area contributed by atoms with Crippen LogP contribution in [0.1, 0.15) is 20.7 Å². The normalized spacial score (nSPS) is 10.2. The van der Waals surface area contributed by atoms with Gasteiger partial charge in [0.1, 0.15) is 17.1 Å². The van der Waals surface area contributed by atoms with Gasteiger partial charge in [-0.2, -0.15) is 0 Å². The fourth-order valence-electron chi connectivity index (χ4n) is 2.89. The van der Waals surface area contributed by atoms with Crippen molar-refractivity contribution in [1.82, 2.24) is 0 Å². The van der Waals surface area contributed by atoms with E-state index in [1.807, 2.05) is 0 Å². The van der Waals surface area contributed by atoms with Crippen LogP contribution in [-0.4, -0.2) is 38.6 Å². The lowest BCUT2D eigenvalue weighted by molar-refractivity contribution is -0.119. The summed E-state index contributed by atoms with van der Waals surface area (Å²) in [6, 6.07) is 17.8. The van der Waals surface area contributed by atoms with Gasteiger partial charge in [-0.15, -0.1) is 0 Å². The van der Waals surface area contributed by atoms with Gasteiger partial charge in [-0.05, 0) is 54.6 Å². The number of esters is 1. The number of nitrogens with one attached hydrogen (secondary N) is 2. The van der Waals surface area contributed by atoms with Gasteiger partial charge in [0.15, 0.2) is 6.61 Å². The SMILES string of the molecule is COc1ccccc1NC(=O)c1ccc(NC(=O)COC(=O)c2cc(Cl)ccc2OC)cc1. The van der Waals surface area contributed by atoms with Crippen LogP contribution in [0.5, 0.6) is 11.5 Å². The number of amides is 2. The van der Waals surface area contributed by atoms with Crippen molar-refractivity contribution in [1.29, 1.82) is 0 Å². The predicted molar refractivity (Wildman–Crippen MR) is 124 cm³/mol. The summed E-state index contributed by atoms with van der Waals surface area (Å²) in [5, 5.41) is 5.70. The molecule has 9 heteroatoms. The first kappa shape index (κ1) is 23.6. The molecule has 0 aliphatic rings. The predicted octanol–water partition coefficient (Wildman–Crippen LogP) is 4.41. The molecule has 0 bridgehead atoms. The van der Waals surface area contributed by atoms with Gasteiger partial charge in [0, 0.05) is 16.3 Å². The Kier molecular flexibility index (Phi) is 7.88. The quantitative estimate of drug-likeness (QED) is 0.475. The van der Waals surface area contributed by atoms with Gasteiger partial charge < -0.3 is 24.8 Å². The van der Waals surface area contributed by atoms with Crippen LogP contribution in [0.2, 0.25) is 5.02 Å². The van der Waals surface area contributed by atoms with Crippen LogP contribution in [0.3, 0.4) is 0 Å². The van der Waals surface area contributed by atoms with Gasteiger partial charge in [0.2, 0.25) is 0 Å². The smallest absolute Gasteiger partial charge is 0.342 e. The number of ether oxygens (including phenoxy) is 3. The molecule has 0 aromatic heterocycles. The number of para-hydroxylation sites is 2. The molecule has 3 aromatic carbocycles. The van der Waals surface area contributed by atoms with Crippen LogP contribution in [-0.2, 0) is 9.53 Å². The zero-order valence-electron chi connectivity index (χ0n) is 17.9. The summed E-state index contributed by atoms with van der Waals surface area (Å²) < 4.78 is 15.4. The second-order valence-electron chi connectivity index (χ2n) is 6.70. The second-order valence-corrected chi connectivity index (χ2v) is 7.14. The third-order valence-electron chi connectivity index (χ3n) is 4.50. The van der Waals surface area contributed by atoms with Crippen molar-refractivity contribution in [2.24, 2.45) is 0 Å². The number of hydrogen-bond acceptors (Lipinski definition) is 6. The molecule has 2 amide bonds. The number of methoxy groups -OCH3 is 2. The van der Waals surface area contributed by atoms with Gasteiger partial charge in [0.05, 0.1) is 19.9 Å². The molecule has 0 heterocycles. The molecule has 0 unspecified atom stereocenters. The molecule has 170 valence electrons. The monoisotopic (exact) mass is 468 g/mol. The van der Waals surface area contributed by atoms with E-state index in [1.165, 1.54) is 26.4 Å². The molecule has 0 atom stereocenters. The molecule has 8 nitrogen and oxygen atoms in total. The highest BCUT2D eigenvalue weighted by atomic mass is 35.5. The highest BCUT2D eigenvalue weighted by molar-refractivity contribution is 6.31. The highest BCUT2D eigenvalue weighted by Gasteiger charge is 2.16. The molecule has 0 radical (unpaired) electrons. The molecule has 3 aromatic rings. The van der Waals surface area contributed by atoms with E-state index in [2.05, 4.69) is 10.6 Å². The molecular weight excluding hydrogens is 448 g/mol. The van der Waals surface area contributed by atoms with Gasteiger partial charge in [-0.25, -0.2) is 4.79 Å². The van der Waals surface area contributed by atoms with E-state index >= 15 is 0 Å². The molecule has 0 saturated heterocycles. The van der Waals surface area contributed by atoms with Gasteiger partial charge in [0.25, 0.3) is 11.8 Å². The lowest BCUT2D eigenvalue weighted by Gasteiger charge is -2.11. The fraction of sp³-hybridized carbons (Fsp3) is 0.125. The Labute approximate surface area is 195 Å². The Morgan fingerprint density at radius 3 is 2.24 bits per heavy atom. The maximum absolute atomic E-state index is 12.5. The average Bonchev–Trinajstić information content (AvgIpc) is 2.83. The largest absolute Gasteiger partial charge is 0.496 e. The summed E-state index contributed by atoms with van der Waals surface area (Å²) in [5.74, 6) is -0.795. The molecule has 3 rings (SSSR count). The van der Waals surface area contributed by atoms with Crippen LogP contribution in [0.4, 0.5) is 11.4 Å². The van der Waals surface area contributed by atoms with Gasteiger partial charge in [-0.1, -0.05) is 23.7 Å². The fourth-order valence-corrected chi connectivity index (χ4v) is 3.07. The minimum absolute atomic E-state index is 0.114. The van der Waals surface area contributed by atoms with Crippen LogP contribution in [0, 0.1) is 0 Å². The lowest BCUT2D eigenvalue weighted by Crippen LogP contribution is -2.21. The highest BCUT2D eigenvalue weighted by Crippen LogP contribution is 2.24. The standard InChI is InChI=1S/C24H21ClN2O6/c1-31-20-12-9-16(25)13-18(20)24(30)33-14-22(28)26-17-10-7-15(8-11-17)23(29)27-19-5-3-4-6-21(19)32-2/h3-13H,14H2,1-2H3,(H,26,28)(H,27,29). The molecule has 0 fully saturated rings. The molecular formula is C24H21ClN2O6. The average molecular weight is 469 g/mol. The van der Waals surface area contributed by atoms with Gasteiger partial charge in [-0.3, -0.25) is 9.59 Å². The third kappa shape index (κ3) is 6.24. The van der Waals surface area contributed by atoms with E-state index in [9.17, 15) is 14.4 Å². The molecule has 0 aliphatic carbocycles. The zero-order chi connectivity index (χ0) is 23.8. The molecule has 2 N–H and O–H groups in total. The number of anilines is 2. The summed E-state index contributed by atoms with van der Waals surface area (Å²) in [6.45, 7) is -0.509. The van der Waals surface area contributed by atoms with E-state index in [-0.39, 0.29) is 17.2 Å². The Hall–Kier alpha value is -4.04. The van der Waals surface area contributed by atoms with Crippen LogP contribution in [0.25, 0.3) is 0 Å². The number of carbonyl (C=O) groups excluding carboxylic acids is 3. The van der Waals surface area contributed by atoms with Crippen molar-refractivity contribution < 1.29 is 28.6 Å². The third-order valence-corrected chi connectivity index (χ3v) is 4.74. The number of halogens is 1. The summed E-state index contributed by atoms with van der Waals surface area (Å²) in [7, 11) is 2.93. The van der Waals surface area contributed by atoms with Crippen LogP contribution < -0.4 is 20.1 Å². The maximum atomic E-state index is 12.5. The summed E-state index contributed by atoms with van der Waals surface area (Å²) in [5.41, 5.74) is 1.48. The van der Waals surface area contributed by atoms with Crippen LogP contribution in [0.15, 0.2) is 66.7 Å². The Bertz CT molecular complexity index is 1160. The lowest BCUT2D eigenvalue weighted by atomic mass is 10.2. The minimum atomic E-state index is -0.743. The Balaban J connectivity index is 1.55. The zero-order valence-corrected chi connectivity index (χ0v) is 18.6. The summed E-state index contributed by atoms with van der Waals surface area (Å²) in [6.07, 6.45) is 0. The molecule has 33 heavy (non-hydrogen) atoms. The topological polar surface area (TPSA) is 103 Å². The van der Waals surface area contributed by atoms with Crippen molar-refractivity contribution in [3.63, 3.8) is 0 Å². The first-order chi connectivity index (χ1) is 15.9. The first-order valence-corrected chi connectivity index (χ1v) is 10.1. The van der Waals surface area contributed by atoms with Crippen molar-refractivity contribution in [3.8, 4) is 11.5 Å². The van der Waals surface area contributed by atoms with E-state index in [1.54, 1.807) is 54.6 Å². The molecule has 0 aliphatic heterocycles. The second kappa shape index (κ2) is 11.0. The van der Waals surface area contributed by atoms with Crippen LogP contribution >= 0.6 is 11.6 Å². The number of benzene rings is 3. The van der Waals surface area contributed by atoms with Crippen molar-refractivity contribution in [2.75, 3.05) is 31.5 Å². The van der Waals surface area contributed by atoms with E-state index < -0.39 is 18.5 Å². The van der Waals surface area contributed by atoms with Crippen molar-refractivity contribution in [2.45, 2.75) is 0 Å². The molecule has 0 saturated carbocycles. The number of rotatable bonds is 8. The number of carbonyl (C=O) groups is 3. The summed E-state index contributed by atoms with van der Waals surface area (Å²) >= 11 is 5.91. The first-order valence-electron chi connectivity index (χ1n) is 9.76. The Morgan fingerprint density at radius 2 is 1.55 bits per heavy atom. The summed E-state index contributed by atoms with van der Waals surface area (Å²) in [4.78, 5) is 36.9. The van der Waals surface area contributed by atoms with Gasteiger partial charge >= 0.3 is 5.97 Å². The van der Waals surface area contributed by atoms with E-state index in [4.69, 9.17) is 25.8 Å². The minimum Gasteiger partial charge on any atom is -0.496 e. The van der Waals surface area contributed by atoms with Crippen molar-refractivity contribution in [3.05, 3.63) is 82.9 Å². The van der Waals surface area contributed by atoms with E-state index in [0.29, 0.717) is 27.7 Å². The molecule has 0 spiro atoms. The number of hydrogen-bond donors (Lipinski definition) is 2. The van der Waals surface area contributed by atoms with E-state index in [0.717, 1.165) is 0 Å². The van der Waals surface area contributed by atoms with Crippen molar-refractivity contribution >= 4 is 40.8 Å².